The largest absolute Gasteiger partial charge is 0.472 e. The number of rotatable bonds is 74. The van der Waals surface area contributed by atoms with Crippen LogP contribution >= 0.6 is 15.6 Å². The summed E-state index contributed by atoms with van der Waals surface area (Å²) in [6, 6.07) is 0. The molecule has 0 aliphatic rings. The van der Waals surface area contributed by atoms with E-state index in [2.05, 4.69) is 48.5 Å². The van der Waals surface area contributed by atoms with Gasteiger partial charge in [0.25, 0.3) is 0 Å². The number of carbonyl (C=O) groups is 4. The number of hydrogen-bond donors (Lipinski definition) is 3. The highest BCUT2D eigenvalue weighted by Gasteiger charge is 2.30. The Balaban J connectivity index is 5.25. The first-order chi connectivity index (χ1) is 45.8. The molecule has 0 aromatic carbocycles. The van der Waals surface area contributed by atoms with Crippen LogP contribution in [0.25, 0.3) is 0 Å². The van der Waals surface area contributed by atoms with E-state index in [-0.39, 0.29) is 25.7 Å². The average Bonchev–Trinajstić information content (AvgIpc) is 2.22. The third-order valence-corrected chi connectivity index (χ3v) is 20.6. The Kier molecular flexibility index (Phi) is 65.2. The van der Waals surface area contributed by atoms with Crippen molar-refractivity contribution >= 4 is 39.5 Å². The Morgan fingerprint density at radius 2 is 0.505 bits per heavy atom. The molecular formula is C76H148O17P2. The molecule has 0 radical (unpaired) electrons. The number of phosphoric ester groups is 2. The molecule has 5 unspecified atom stereocenters. The quantitative estimate of drug-likeness (QED) is 0.0222. The smallest absolute Gasteiger partial charge is 0.462 e. The Morgan fingerprint density at radius 3 is 0.747 bits per heavy atom. The van der Waals surface area contributed by atoms with Gasteiger partial charge in [-0.15, -0.1) is 0 Å². The fraction of sp³-hybridized carbons (Fsp3) is 0.947. The van der Waals surface area contributed by atoms with Gasteiger partial charge in [-0.3, -0.25) is 37.3 Å². The van der Waals surface area contributed by atoms with Gasteiger partial charge < -0.3 is 33.8 Å². The zero-order chi connectivity index (χ0) is 70.1. The fourth-order valence-corrected chi connectivity index (χ4v) is 13.1. The van der Waals surface area contributed by atoms with E-state index in [4.69, 9.17) is 37.0 Å². The summed E-state index contributed by atoms with van der Waals surface area (Å²) < 4.78 is 68.5. The van der Waals surface area contributed by atoms with Crippen molar-refractivity contribution in [2.75, 3.05) is 39.6 Å². The molecule has 19 heteroatoms. The first-order valence-corrected chi connectivity index (χ1v) is 42.5. The number of carbonyl (C=O) groups excluding carboxylic acids is 4. The summed E-state index contributed by atoms with van der Waals surface area (Å²) in [6.07, 6.45) is 52.6. The van der Waals surface area contributed by atoms with Gasteiger partial charge in [-0.25, -0.2) is 9.13 Å². The molecule has 0 aliphatic carbocycles. The maximum absolute atomic E-state index is 13.1. The molecule has 0 saturated heterocycles. The number of phosphoric acid groups is 2. The summed E-state index contributed by atoms with van der Waals surface area (Å²) in [5.74, 6) is 0.204. The van der Waals surface area contributed by atoms with Crippen LogP contribution in [0.5, 0.6) is 0 Å². The summed E-state index contributed by atoms with van der Waals surface area (Å²) in [6.45, 7) is 11.9. The van der Waals surface area contributed by atoms with Crippen LogP contribution in [-0.4, -0.2) is 96.7 Å². The minimum atomic E-state index is -4.96. The topological polar surface area (TPSA) is 237 Å². The molecule has 0 saturated carbocycles. The molecule has 564 valence electrons. The minimum absolute atomic E-state index is 0.104. The van der Waals surface area contributed by atoms with Crippen LogP contribution in [-0.2, 0) is 65.4 Å². The van der Waals surface area contributed by atoms with Crippen LogP contribution in [0, 0.1) is 17.8 Å². The molecule has 0 aromatic heterocycles. The first-order valence-electron chi connectivity index (χ1n) is 39.5. The lowest BCUT2D eigenvalue weighted by molar-refractivity contribution is -0.161. The van der Waals surface area contributed by atoms with E-state index in [1.807, 2.05) is 0 Å². The zero-order valence-electron chi connectivity index (χ0n) is 62.1. The molecule has 0 rings (SSSR count). The fourth-order valence-electron chi connectivity index (χ4n) is 11.5. The Morgan fingerprint density at radius 1 is 0.295 bits per heavy atom. The van der Waals surface area contributed by atoms with Gasteiger partial charge in [0.1, 0.15) is 19.3 Å². The number of unbranched alkanes of at least 4 members (excludes halogenated alkanes) is 39. The van der Waals surface area contributed by atoms with Crippen molar-refractivity contribution < 1.29 is 80.2 Å². The Labute approximate surface area is 581 Å². The molecule has 0 amide bonds. The SMILES string of the molecule is CCCCCCCCCCCCCCCCCCCCCC(=O)O[C@H](COC(=O)CCCCCCCCCCC(C)CC)COP(=O)(O)OC[C@@H](O)COP(=O)(O)OC[C@@H](COC(=O)CCCCCCCCCCC(C)CC)OC(=O)CCCCCCCCCCC(C)CC. The van der Waals surface area contributed by atoms with E-state index in [1.54, 1.807) is 0 Å². The molecule has 3 N–H and O–H groups in total. The number of hydrogen-bond acceptors (Lipinski definition) is 15. The van der Waals surface area contributed by atoms with Gasteiger partial charge in [-0.05, 0) is 43.4 Å². The monoisotopic (exact) mass is 1400 g/mol. The van der Waals surface area contributed by atoms with Crippen molar-refractivity contribution in [2.45, 2.75) is 407 Å². The number of ether oxygens (including phenoxy) is 4. The summed E-state index contributed by atoms with van der Waals surface area (Å²) in [4.78, 5) is 72.8. The first kappa shape index (κ1) is 93.1. The second kappa shape index (κ2) is 66.6. The standard InChI is InChI=1S/C76H148O17P2/c1-8-12-13-14-15-16-17-18-19-20-21-22-23-24-25-26-38-45-52-59-75(80)92-71(63-86-73(78)57-50-43-36-30-27-33-40-47-54-67(5)9-2)65-90-94(82,83)88-61-70(77)62-89-95(84,85)91-66-72(93-76(81)60-53-46-39-32-29-35-42-49-56-69(7)11-4)64-87-74(79)58-51-44-37-31-28-34-41-48-55-68(6)10-3/h67-72,77H,8-66H2,1-7H3,(H,82,83)(H,84,85)/t67?,68?,69?,70-,71-,72-/m1/s1. The molecule has 0 fully saturated rings. The van der Waals surface area contributed by atoms with Crippen molar-refractivity contribution in [3.8, 4) is 0 Å². The Bertz CT molecular complexity index is 1860. The van der Waals surface area contributed by atoms with Gasteiger partial charge in [0.05, 0.1) is 26.4 Å². The van der Waals surface area contributed by atoms with Crippen molar-refractivity contribution in [3.63, 3.8) is 0 Å². The minimum Gasteiger partial charge on any atom is -0.462 e. The van der Waals surface area contributed by atoms with E-state index in [9.17, 15) is 43.2 Å². The van der Waals surface area contributed by atoms with E-state index < -0.39 is 97.5 Å². The highest BCUT2D eigenvalue weighted by Crippen LogP contribution is 2.45. The summed E-state index contributed by atoms with van der Waals surface area (Å²) >= 11 is 0. The molecular weight excluding hydrogens is 1250 g/mol. The summed E-state index contributed by atoms with van der Waals surface area (Å²) in [5.41, 5.74) is 0. The van der Waals surface area contributed by atoms with E-state index in [0.717, 1.165) is 108 Å². The second-order valence-electron chi connectivity index (χ2n) is 28.1. The lowest BCUT2D eigenvalue weighted by Crippen LogP contribution is -2.30. The van der Waals surface area contributed by atoms with Crippen LogP contribution in [0.4, 0.5) is 0 Å². The van der Waals surface area contributed by atoms with Crippen molar-refractivity contribution in [2.24, 2.45) is 17.8 Å². The van der Waals surface area contributed by atoms with E-state index in [0.29, 0.717) is 25.7 Å². The molecule has 0 bridgehead atoms. The molecule has 17 nitrogen and oxygen atoms in total. The Hall–Kier alpha value is -1.94. The van der Waals surface area contributed by atoms with Crippen LogP contribution in [0.3, 0.4) is 0 Å². The molecule has 0 spiro atoms. The average molecular weight is 1400 g/mol. The van der Waals surface area contributed by atoms with Crippen LogP contribution in [0.2, 0.25) is 0 Å². The third kappa shape index (κ3) is 66.4. The van der Waals surface area contributed by atoms with Gasteiger partial charge >= 0.3 is 39.5 Å². The van der Waals surface area contributed by atoms with E-state index in [1.165, 1.54) is 199 Å². The number of aliphatic hydroxyl groups is 1. The van der Waals surface area contributed by atoms with Crippen molar-refractivity contribution in [3.05, 3.63) is 0 Å². The predicted molar refractivity (Wildman–Crippen MR) is 386 cm³/mol. The second-order valence-corrected chi connectivity index (χ2v) is 31.0. The van der Waals surface area contributed by atoms with Crippen LogP contribution in [0.15, 0.2) is 0 Å². The molecule has 95 heavy (non-hydrogen) atoms. The number of aliphatic hydroxyl groups excluding tert-OH is 1. The molecule has 0 aromatic rings. The maximum Gasteiger partial charge on any atom is 0.472 e. The molecule has 8 atom stereocenters. The zero-order valence-corrected chi connectivity index (χ0v) is 63.9. The highest BCUT2D eigenvalue weighted by atomic mass is 31.2. The van der Waals surface area contributed by atoms with Gasteiger partial charge in [0.15, 0.2) is 12.2 Å². The summed E-state index contributed by atoms with van der Waals surface area (Å²) in [5, 5.41) is 10.6. The normalized spacial score (nSPS) is 14.9. The van der Waals surface area contributed by atoms with Crippen molar-refractivity contribution in [1.29, 1.82) is 0 Å². The highest BCUT2D eigenvalue weighted by molar-refractivity contribution is 7.47. The molecule has 0 heterocycles. The molecule has 0 aliphatic heterocycles. The summed E-state index contributed by atoms with van der Waals surface area (Å²) in [7, 11) is -9.91. The lowest BCUT2D eigenvalue weighted by Gasteiger charge is -2.21. The lowest BCUT2D eigenvalue weighted by atomic mass is 9.99. The van der Waals surface area contributed by atoms with Gasteiger partial charge in [0, 0.05) is 25.7 Å². The van der Waals surface area contributed by atoms with Crippen LogP contribution in [0.1, 0.15) is 389 Å². The number of esters is 4. The van der Waals surface area contributed by atoms with Crippen molar-refractivity contribution in [1.82, 2.24) is 0 Å². The maximum atomic E-state index is 13.1. The van der Waals surface area contributed by atoms with Gasteiger partial charge in [0.2, 0.25) is 0 Å². The van der Waals surface area contributed by atoms with Gasteiger partial charge in [-0.1, -0.05) is 337 Å². The predicted octanol–water partition coefficient (Wildman–Crippen LogP) is 22.2. The van der Waals surface area contributed by atoms with E-state index >= 15 is 0 Å². The third-order valence-electron chi connectivity index (χ3n) is 18.7. The van der Waals surface area contributed by atoms with Gasteiger partial charge in [-0.2, -0.15) is 0 Å². The van der Waals surface area contributed by atoms with Crippen LogP contribution < -0.4 is 0 Å².